The van der Waals surface area contributed by atoms with Crippen molar-refractivity contribution >= 4 is 23.5 Å². The molecule has 1 amide bonds. The van der Waals surface area contributed by atoms with Gasteiger partial charge < -0.3 is 10.4 Å². The molecule has 4 nitrogen and oxygen atoms in total. The Labute approximate surface area is 112 Å². The number of aliphatic carboxylic acids is 1. The van der Waals surface area contributed by atoms with Crippen molar-refractivity contribution in [3.05, 3.63) is 11.8 Å². The molecule has 0 saturated heterocycles. The molecule has 0 unspecified atom stereocenters. The number of hydrogen-bond acceptors (Lipinski definition) is 2. The van der Waals surface area contributed by atoms with Crippen LogP contribution in [0.5, 0.6) is 0 Å². The van der Waals surface area contributed by atoms with Gasteiger partial charge >= 0.3 is 5.97 Å². The Morgan fingerprint density at radius 2 is 2.06 bits per heavy atom. The van der Waals surface area contributed by atoms with Gasteiger partial charge in [-0.05, 0) is 31.1 Å². The van der Waals surface area contributed by atoms with Gasteiger partial charge in [-0.15, -0.1) is 11.6 Å². The lowest BCUT2D eigenvalue weighted by molar-refractivity contribution is -0.135. The van der Waals surface area contributed by atoms with Crippen molar-refractivity contribution in [1.82, 2.24) is 5.32 Å². The fourth-order valence-electron chi connectivity index (χ4n) is 1.81. The molecule has 0 aliphatic heterocycles. The van der Waals surface area contributed by atoms with Gasteiger partial charge in [0.2, 0.25) is 5.91 Å². The Hall–Kier alpha value is -1.03. The molecule has 5 heteroatoms. The molecule has 0 spiro atoms. The van der Waals surface area contributed by atoms with Gasteiger partial charge in [-0.2, -0.15) is 0 Å². The van der Waals surface area contributed by atoms with Crippen molar-refractivity contribution < 1.29 is 14.7 Å². The summed E-state index contributed by atoms with van der Waals surface area (Å²) in [5.74, 6) is -0.777. The molecule has 0 aromatic carbocycles. The molecule has 0 radical (unpaired) electrons. The summed E-state index contributed by atoms with van der Waals surface area (Å²) in [6, 6.07) is 0. The second-order valence-corrected chi connectivity index (χ2v) is 5.72. The minimum absolute atomic E-state index is 0.00627. The zero-order valence-corrected chi connectivity index (χ0v) is 11.6. The fraction of sp³-hybridized carbons (Fsp3) is 0.692. The van der Waals surface area contributed by atoms with Crippen LogP contribution in [-0.4, -0.2) is 22.9 Å². The Bertz CT molecular complexity index is 363. The van der Waals surface area contributed by atoms with E-state index in [9.17, 15) is 9.59 Å². The predicted octanol–water partition coefficient (Wildman–Crippen LogP) is 2.53. The SMILES string of the molecule is CC1(C)C[C@H]1C(=O)N/C(=C\CCCCCl)C(=O)O. The fourth-order valence-corrected chi connectivity index (χ4v) is 2.00. The van der Waals surface area contributed by atoms with Crippen molar-refractivity contribution in [1.29, 1.82) is 0 Å². The summed E-state index contributed by atoms with van der Waals surface area (Å²) < 4.78 is 0. The van der Waals surface area contributed by atoms with E-state index in [1.54, 1.807) is 6.08 Å². The molecule has 0 aromatic rings. The summed E-state index contributed by atoms with van der Waals surface area (Å²) in [6.45, 7) is 4.00. The summed E-state index contributed by atoms with van der Waals surface area (Å²) in [5, 5.41) is 11.5. The van der Waals surface area contributed by atoms with Crippen molar-refractivity contribution in [3.8, 4) is 0 Å². The van der Waals surface area contributed by atoms with Gasteiger partial charge in [0.15, 0.2) is 0 Å². The minimum atomic E-state index is -1.09. The molecule has 18 heavy (non-hydrogen) atoms. The van der Waals surface area contributed by atoms with Gasteiger partial charge in [0, 0.05) is 11.8 Å². The number of carbonyl (C=O) groups excluding carboxylic acids is 1. The van der Waals surface area contributed by atoms with E-state index < -0.39 is 5.97 Å². The largest absolute Gasteiger partial charge is 0.477 e. The number of nitrogens with one attached hydrogen (secondary N) is 1. The molecule has 1 aliphatic carbocycles. The third kappa shape index (κ3) is 4.33. The second-order valence-electron chi connectivity index (χ2n) is 5.34. The Balaban J connectivity index is 2.48. The summed E-state index contributed by atoms with van der Waals surface area (Å²) in [7, 11) is 0. The first kappa shape index (κ1) is 15.0. The maximum Gasteiger partial charge on any atom is 0.352 e. The molecule has 1 saturated carbocycles. The predicted molar refractivity (Wildman–Crippen MR) is 70.3 cm³/mol. The van der Waals surface area contributed by atoms with Gasteiger partial charge in [0.25, 0.3) is 0 Å². The Morgan fingerprint density at radius 1 is 1.44 bits per heavy atom. The van der Waals surface area contributed by atoms with Gasteiger partial charge in [0.05, 0.1) is 0 Å². The first-order valence-electron chi connectivity index (χ1n) is 6.19. The second kappa shape index (κ2) is 6.23. The van der Waals surface area contributed by atoms with Crippen molar-refractivity contribution in [3.63, 3.8) is 0 Å². The van der Waals surface area contributed by atoms with Crippen LogP contribution in [0.4, 0.5) is 0 Å². The van der Waals surface area contributed by atoms with Crippen molar-refractivity contribution in [2.45, 2.75) is 39.5 Å². The van der Waals surface area contributed by atoms with Crippen LogP contribution in [0.25, 0.3) is 0 Å². The van der Waals surface area contributed by atoms with Crippen LogP contribution in [0.15, 0.2) is 11.8 Å². The summed E-state index contributed by atoms with van der Waals surface area (Å²) in [6.07, 6.45) is 4.66. The third-order valence-corrected chi connectivity index (χ3v) is 3.52. The van der Waals surface area contributed by atoms with Crippen molar-refractivity contribution in [2.75, 3.05) is 5.88 Å². The number of hydrogen-bond donors (Lipinski definition) is 2. The van der Waals surface area contributed by atoms with Crippen LogP contribution >= 0.6 is 11.6 Å². The monoisotopic (exact) mass is 273 g/mol. The zero-order chi connectivity index (χ0) is 13.8. The number of amides is 1. The maximum atomic E-state index is 11.8. The van der Waals surface area contributed by atoms with E-state index >= 15 is 0 Å². The average Bonchev–Trinajstić information content (AvgIpc) is 2.92. The van der Waals surface area contributed by atoms with Gasteiger partial charge in [-0.25, -0.2) is 4.79 Å². The number of halogens is 1. The molecule has 102 valence electrons. The molecule has 0 heterocycles. The number of alkyl halides is 1. The van der Waals surface area contributed by atoms with Crippen LogP contribution in [0.3, 0.4) is 0 Å². The molecular formula is C13H20ClNO3. The average molecular weight is 274 g/mol. The van der Waals surface area contributed by atoms with Gasteiger partial charge in [-0.1, -0.05) is 19.9 Å². The standard InChI is InChI=1S/C13H20ClNO3/c1-13(2)8-9(13)11(16)15-10(12(17)18)6-4-3-5-7-14/h6,9H,3-5,7-8H2,1-2H3,(H,15,16)(H,17,18)/b10-6-/t9-/m0/s1. The topological polar surface area (TPSA) is 66.4 Å². The maximum absolute atomic E-state index is 11.8. The van der Waals surface area contributed by atoms with Crippen LogP contribution in [0.2, 0.25) is 0 Å². The van der Waals surface area contributed by atoms with Crippen LogP contribution in [-0.2, 0) is 9.59 Å². The number of allylic oxidation sites excluding steroid dienone is 1. The molecule has 1 fully saturated rings. The smallest absolute Gasteiger partial charge is 0.352 e. The number of rotatable bonds is 7. The molecular weight excluding hydrogens is 254 g/mol. The minimum Gasteiger partial charge on any atom is -0.477 e. The van der Waals surface area contributed by atoms with E-state index in [0.717, 1.165) is 19.3 Å². The Kier molecular flexibility index (Phi) is 5.20. The van der Waals surface area contributed by atoms with E-state index in [1.165, 1.54) is 0 Å². The molecule has 1 rings (SSSR count). The van der Waals surface area contributed by atoms with E-state index in [-0.39, 0.29) is 22.9 Å². The van der Waals surface area contributed by atoms with E-state index in [0.29, 0.717) is 12.3 Å². The van der Waals surface area contributed by atoms with Crippen molar-refractivity contribution in [2.24, 2.45) is 11.3 Å². The molecule has 1 aliphatic rings. The van der Waals surface area contributed by atoms with E-state index in [2.05, 4.69) is 5.32 Å². The van der Waals surface area contributed by atoms with E-state index in [1.807, 2.05) is 13.8 Å². The van der Waals surface area contributed by atoms with E-state index in [4.69, 9.17) is 16.7 Å². The zero-order valence-electron chi connectivity index (χ0n) is 10.8. The lowest BCUT2D eigenvalue weighted by Gasteiger charge is -2.07. The molecule has 1 atom stereocenters. The number of carboxylic acid groups (broad SMARTS) is 1. The highest BCUT2D eigenvalue weighted by Gasteiger charge is 2.50. The van der Waals surface area contributed by atoms with Gasteiger partial charge in [-0.3, -0.25) is 4.79 Å². The number of carboxylic acids is 1. The quantitative estimate of drug-likeness (QED) is 0.426. The normalized spacial score (nSPS) is 21.5. The highest BCUT2D eigenvalue weighted by molar-refractivity contribution is 6.17. The summed E-state index contributed by atoms with van der Waals surface area (Å²) >= 11 is 5.54. The highest BCUT2D eigenvalue weighted by atomic mass is 35.5. The number of unbranched alkanes of at least 4 members (excludes halogenated alkanes) is 2. The van der Waals surface area contributed by atoms with Crippen LogP contribution in [0.1, 0.15) is 39.5 Å². The highest BCUT2D eigenvalue weighted by Crippen LogP contribution is 2.51. The van der Waals surface area contributed by atoms with Crippen LogP contribution in [0, 0.1) is 11.3 Å². The molecule has 2 N–H and O–H groups in total. The van der Waals surface area contributed by atoms with Gasteiger partial charge in [0.1, 0.15) is 5.70 Å². The lowest BCUT2D eigenvalue weighted by Crippen LogP contribution is -2.29. The Morgan fingerprint density at radius 3 is 2.50 bits per heavy atom. The summed E-state index contributed by atoms with van der Waals surface area (Å²) in [4.78, 5) is 22.8. The molecule has 0 bridgehead atoms. The molecule has 0 aromatic heterocycles. The summed E-state index contributed by atoms with van der Waals surface area (Å²) in [5.41, 5.74) is -0.0101. The van der Waals surface area contributed by atoms with Crippen LogP contribution < -0.4 is 5.32 Å². The first-order valence-corrected chi connectivity index (χ1v) is 6.72. The lowest BCUT2D eigenvalue weighted by atomic mass is 10.1. The third-order valence-electron chi connectivity index (χ3n) is 3.25. The number of carbonyl (C=O) groups is 2. The first-order chi connectivity index (χ1) is 8.38.